The lowest BCUT2D eigenvalue weighted by molar-refractivity contribution is -0.127. The summed E-state index contributed by atoms with van der Waals surface area (Å²) >= 11 is 0. The van der Waals surface area contributed by atoms with Gasteiger partial charge in [0.05, 0.1) is 25.7 Å². The van der Waals surface area contributed by atoms with Crippen LogP contribution in [0.25, 0.3) is 10.9 Å². The average molecular weight is 344 g/mol. The number of nitrogens with one attached hydrogen (secondary N) is 1. The second-order valence-corrected chi connectivity index (χ2v) is 7.26. The standard InChI is InChI=1S/C18H24N4O3/c1-18(2,3)21-17(23)11-8-22(9-11)16-12-6-14(24-4)15(25-5)7-13(12)19-10-20-16/h6-7,10-11H,8-9H2,1-5H3,(H,21,23). The summed E-state index contributed by atoms with van der Waals surface area (Å²) in [5.41, 5.74) is 0.563. The minimum absolute atomic E-state index is 0.0237. The van der Waals surface area contributed by atoms with E-state index in [1.165, 1.54) is 6.33 Å². The highest BCUT2D eigenvalue weighted by molar-refractivity contribution is 5.93. The molecule has 1 aromatic heterocycles. The van der Waals surface area contributed by atoms with Crippen molar-refractivity contribution in [2.75, 3.05) is 32.2 Å². The highest BCUT2D eigenvalue weighted by Gasteiger charge is 2.35. The number of benzene rings is 1. The Morgan fingerprint density at radius 1 is 1.16 bits per heavy atom. The number of rotatable bonds is 4. The third-order valence-electron chi connectivity index (χ3n) is 4.17. The van der Waals surface area contributed by atoms with Crippen LogP contribution in [0.3, 0.4) is 0 Å². The maximum Gasteiger partial charge on any atom is 0.227 e. The number of carbonyl (C=O) groups is 1. The summed E-state index contributed by atoms with van der Waals surface area (Å²) in [4.78, 5) is 23.1. The highest BCUT2D eigenvalue weighted by atomic mass is 16.5. The molecule has 1 N–H and O–H groups in total. The zero-order valence-corrected chi connectivity index (χ0v) is 15.3. The van der Waals surface area contributed by atoms with Gasteiger partial charge in [0.25, 0.3) is 0 Å². The molecular formula is C18H24N4O3. The summed E-state index contributed by atoms with van der Waals surface area (Å²) in [6, 6.07) is 3.72. The van der Waals surface area contributed by atoms with E-state index in [2.05, 4.69) is 20.2 Å². The lowest BCUT2D eigenvalue weighted by Gasteiger charge is -2.40. The predicted octanol–water partition coefficient (Wildman–Crippen LogP) is 2.00. The molecule has 0 unspecified atom stereocenters. The van der Waals surface area contributed by atoms with Crippen molar-refractivity contribution >= 4 is 22.6 Å². The van der Waals surface area contributed by atoms with Crippen molar-refractivity contribution in [2.45, 2.75) is 26.3 Å². The molecule has 3 rings (SSSR count). The fraction of sp³-hybridized carbons (Fsp3) is 0.500. The first kappa shape index (κ1) is 17.3. The van der Waals surface area contributed by atoms with E-state index in [0.29, 0.717) is 24.6 Å². The molecule has 0 spiro atoms. The van der Waals surface area contributed by atoms with Crippen LogP contribution in [0.1, 0.15) is 20.8 Å². The summed E-state index contributed by atoms with van der Waals surface area (Å²) in [5, 5.41) is 3.91. The van der Waals surface area contributed by atoms with Gasteiger partial charge in [0.1, 0.15) is 12.1 Å². The number of fused-ring (bicyclic) bond motifs is 1. The largest absolute Gasteiger partial charge is 0.493 e. The third kappa shape index (κ3) is 3.45. The quantitative estimate of drug-likeness (QED) is 0.914. The number of hydrogen-bond acceptors (Lipinski definition) is 6. The molecule has 1 amide bonds. The first-order chi connectivity index (χ1) is 11.8. The van der Waals surface area contributed by atoms with E-state index in [1.807, 2.05) is 32.9 Å². The van der Waals surface area contributed by atoms with Gasteiger partial charge in [0.2, 0.25) is 5.91 Å². The number of ether oxygens (including phenoxy) is 2. The van der Waals surface area contributed by atoms with Gasteiger partial charge in [-0.2, -0.15) is 0 Å². The summed E-state index contributed by atoms with van der Waals surface area (Å²) < 4.78 is 10.7. The zero-order chi connectivity index (χ0) is 18.2. The van der Waals surface area contributed by atoms with E-state index in [4.69, 9.17) is 9.47 Å². The minimum Gasteiger partial charge on any atom is -0.493 e. The van der Waals surface area contributed by atoms with Gasteiger partial charge in [-0.1, -0.05) is 0 Å². The van der Waals surface area contributed by atoms with Gasteiger partial charge in [-0.05, 0) is 26.8 Å². The third-order valence-corrected chi connectivity index (χ3v) is 4.17. The van der Waals surface area contributed by atoms with E-state index in [-0.39, 0.29) is 17.4 Å². The topological polar surface area (TPSA) is 76.6 Å². The molecule has 0 bridgehead atoms. The SMILES string of the molecule is COc1cc2ncnc(N3CC(C(=O)NC(C)(C)C)C3)c2cc1OC. The van der Waals surface area contributed by atoms with E-state index in [0.717, 1.165) is 16.7 Å². The molecule has 0 aliphatic carbocycles. The average Bonchev–Trinajstić information content (AvgIpc) is 2.50. The maximum atomic E-state index is 12.3. The Labute approximate surface area is 147 Å². The number of amides is 1. The van der Waals surface area contributed by atoms with Crippen molar-refractivity contribution in [3.63, 3.8) is 0 Å². The lowest BCUT2D eigenvalue weighted by atomic mass is 9.96. The fourth-order valence-corrected chi connectivity index (χ4v) is 2.91. The Morgan fingerprint density at radius 2 is 1.80 bits per heavy atom. The minimum atomic E-state index is -0.219. The molecule has 2 heterocycles. The Hall–Kier alpha value is -2.57. The van der Waals surface area contributed by atoms with Crippen LogP contribution < -0.4 is 19.7 Å². The first-order valence-corrected chi connectivity index (χ1v) is 8.26. The number of nitrogens with zero attached hydrogens (tertiary/aromatic N) is 3. The van der Waals surface area contributed by atoms with Crippen LogP contribution in [0.15, 0.2) is 18.5 Å². The van der Waals surface area contributed by atoms with E-state index in [9.17, 15) is 4.79 Å². The molecular weight excluding hydrogens is 320 g/mol. The van der Waals surface area contributed by atoms with Gasteiger partial charge in [-0.15, -0.1) is 0 Å². The van der Waals surface area contributed by atoms with Gasteiger partial charge < -0.3 is 19.7 Å². The smallest absolute Gasteiger partial charge is 0.227 e. The number of hydrogen-bond donors (Lipinski definition) is 1. The number of aromatic nitrogens is 2. The van der Waals surface area contributed by atoms with Crippen molar-refractivity contribution < 1.29 is 14.3 Å². The predicted molar refractivity (Wildman–Crippen MR) is 96.2 cm³/mol. The van der Waals surface area contributed by atoms with Crippen molar-refractivity contribution in [1.82, 2.24) is 15.3 Å². The molecule has 2 aromatic rings. The summed E-state index contributed by atoms with van der Waals surface area (Å²) in [6.45, 7) is 7.24. The summed E-state index contributed by atoms with van der Waals surface area (Å²) in [5.74, 6) is 2.13. The Kier molecular flexibility index (Phi) is 4.41. The van der Waals surface area contributed by atoms with E-state index < -0.39 is 0 Å². The van der Waals surface area contributed by atoms with E-state index >= 15 is 0 Å². The molecule has 1 aliphatic heterocycles. The normalized spacial score (nSPS) is 15.0. The molecule has 0 atom stereocenters. The molecule has 1 aliphatic rings. The highest BCUT2D eigenvalue weighted by Crippen LogP contribution is 2.36. The summed E-state index contributed by atoms with van der Waals surface area (Å²) in [7, 11) is 3.20. The first-order valence-electron chi connectivity index (χ1n) is 8.26. The van der Waals surface area contributed by atoms with Crippen molar-refractivity contribution in [1.29, 1.82) is 0 Å². The monoisotopic (exact) mass is 344 g/mol. The molecule has 0 saturated carbocycles. The summed E-state index contributed by atoms with van der Waals surface area (Å²) in [6.07, 6.45) is 1.53. The van der Waals surface area contributed by atoms with Crippen LogP contribution in [0.4, 0.5) is 5.82 Å². The van der Waals surface area contributed by atoms with Crippen LogP contribution in [0.2, 0.25) is 0 Å². The van der Waals surface area contributed by atoms with E-state index in [1.54, 1.807) is 14.2 Å². The van der Waals surface area contributed by atoms with Crippen molar-refractivity contribution in [3.05, 3.63) is 18.5 Å². The molecule has 134 valence electrons. The lowest BCUT2D eigenvalue weighted by Crippen LogP contribution is -2.56. The number of anilines is 1. The fourth-order valence-electron chi connectivity index (χ4n) is 2.91. The zero-order valence-electron chi connectivity index (χ0n) is 15.3. The molecule has 25 heavy (non-hydrogen) atoms. The van der Waals surface area contributed by atoms with Gasteiger partial charge in [-0.3, -0.25) is 4.79 Å². The van der Waals surface area contributed by atoms with Crippen LogP contribution in [0.5, 0.6) is 11.5 Å². The van der Waals surface area contributed by atoms with Crippen LogP contribution >= 0.6 is 0 Å². The van der Waals surface area contributed by atoms with Gasteiger partial charge in [-0.25, -0.2) is 9.97 Å². The Balaban J connectivity index is 1.82. The second kappa shape index (κ2) is 6.38. The van der Waals surface area contributed by atoms with Crippen LogP contribution in [-0.2, 0) is 4.79 Å². The second-order valence-electron chi connectivity index (χ2n) is 7.26. The van der Waals surface area contributed by atoms with Gasteiger partial charge in [0, 0.05) is 30.1 Å². The van der Waals surface area contributed by atoms with Gasteiger partial charge >= 0.3 is 0 Å². The molecule has 0 radical (unpaired) electrons. The van der Waals surface area contributed by atoms with Gasteiger partial charge in [0.15, 0.2) is 11.5 Å². The molecule has 7 nitrogen and oxygen atoms in total. The molecule has 7 heteroatoms. The molecule has 1 fully saturated rings. The van der Waals surface area contributed by atoms with Crippen molar-refractivity contribution in [3.8, 4) is 11.5 Å². The Bertz CT molecular complexity index is 795. The number of carbonyl (C=O) groups excluding carboxylic acids is 1. The Morgan fingerprint density at radius 3 is 2.40 bits per heavy atom. The number of methoxy groups -OCH3 is 2. The maximum absolute atomic E-state index is 12.3. The van der Waals surface area contributed by atoms with Crippen LogP contribution in [-0.4, -0.2) is 48.7 Å². The molecule has 1 saturated heterocycles. The molecule has 1 aromatic carbocycles. The van der Waals surface area contributed by atoms with Crippen molar-refractivity contribution in [2.24, 2.45) is 5.92 Å². The van der Waals surface area contributed by atoms with Crippen LogP contribution in [0, 0.1) is 5.92 Å².